The van der Waals surface area contributed by atoms with Gasteiger partial charge in [-0.2, -0.15) is 0 Å². The molecule has 0 aliphatic carbocycles. The van der Waals surface area contributed by atoms with Crippen LogP contribution in [-0.4, -0.2) is 74.1 Å². The first-order valence-corrected chi connectivity index (χ1v) is 9.80. The number of hydrogen-bond acceptors (Lipinski definition) is 7. The molecular formula is C19H23F2N3O6. The molecule has 0 aromatic heterocycles. The van der Waals surface area contributed by atoms with E-state index < -0.39 is 23.8 Å². The summed E-state index contributed by atoms with van der Waals surface area (Å²) in [6, 6.07) is 2.03. The molecule has 2 atom stereocenters. The van der Waals surface area contributed by atoms with Gasteiger partial charge in [0.25, 0.3) is 0 Å². The van der Waals surface area contributed by atoms with E-state index in [1.54, 1.807) is 0 Å². The minimum atomic E-state index is -0.906. The van der Waals surface area contributed by atoms with Gasteiger partial charge in [-0.1, -0.05) is 0 Å². The molecule has 3 aliphatic heterocycles. The van der Waals surface area contributed by atoms with Gasteiger partial charge in [-0.05, 0) is 19.3 Å². The fourth-order valence-corrected chi connectivity index (χ4v) is 3.71. The van der Waals surface area contributed by atoms with E-state index in [0.29, 0.717) is 6.61 Å². The van der Waals surface area contributed by atoms with Crippen molar-refractivity contribution in [2.24, 2.45) is 0 Å². The number of anilines is 2. The molecule has 1 N–H and O–H groups in total. The highest BCUT2D eigenvalue weighted by Crippen LogP contribution is 2.32. The predicted octanol–water partition coefficient (Wildman–Crippen LogP) is 1.39. The Kier molecular flexibility index (Phi) is 6.02. The monoisotopic (exact) mass is 427 g/mol. The van der Waals surface area contributed by atoms with Crippen LogP contribution >= 0.6 is 0 Å². The first-order chi connectivity index (χ1) is 14.5. The summed E-state index contributed by atoms with van der Waals surface area (Å²) in [4.78, 5) is 27.8. The van der Waals surface area contributed by atoms with Gasteiger partial charge in [0.2, 0.25) is 5.91 Å². The highest BCUT2D eigenvalue weighted by Gasteiger charge is 2.35. The molecule has 30 heavy (non-hydrogen) atoms. The van der Waals surface area contributed by atoms with Crippen LogP contribution < -0.4 is 9.80 Å². The number of aliphatic hydroxyl groups excluding tert-OH is 1. The highest BCUT2D eigenvalue weighted by atomic mass is 19.1. The lowest BCUT2D eigenvalue weighted by atomic mass is 10.2. The Morgan fingerprint density at radius 3 is 2.60 bits per heavy atom. The number of carbonyl (C=O) groups is 2. The van der Waals surface area contributed by atoms with Crippen LogP contribution in [0.5, 0.6) is 0 Å². The van der Waals surface area contributed by atoms with Gasteiger partial charge in [0.05, 0.1) is 32.1 Å². The standard InChI is InChI=1S/C19H23F2N3O6/c20-14-5-12(24-7-13(9-25)30-19(24)27)6-15(21)18(14)22-8-16(26)23(10-22)11-29-17-3-1-2-4-28-17/h5-6,13,17,25H,1-4,7-11H2/t13-,17?/m0/s1. The topological polar surface area (TPSA) is 91.8 Å². The van der Waals surface area contributed by atoms with Crippen LogP contribution in [0.15, 0.2) is 12.1 Å². The Labute approximate surface area is 171 Å². The number of ether oxygens (including phenoxy) is 3. The smallest absolute Gasteiger partial charge is 0.414 e. The molecule has 0 bridgehead atoms. The van der Waals surface area contributed by atoms with E-state index in [0.717, 1.165) is 36.3 Å². The Balaban J connectivity index is 1.43. The Morgan fingerprint density at radius 1 is 1.20 bits per heavy atom. The number of cyclic esters (lactones) is 1. The van der Waals surface area contributed by atoms with Crippen LogP contribution in [0.4, 0.5) is 25.0 Å². The molecule has 11 heteroatoms. The van der Waals surface area contributed by atoms with Crippen molar-refractivity contribution in [3.63, 3.8) is 0 Å². The largest absolute Gasteiger partial charge is 0.441 e. The van der Waals surface area contributed by atoms with Gasteiger partial charge < -0.3 is 24.2 Å². The number of carbonyl (C=O) groups excluding carboxylic acids is 2. The summed E-state index contributed by atoms with van der Waals surface area (Å²) < 4.78 is 45.5. The third-order valence-electron chi connectivity index (χ3n) is 5.28. The molecule has 2 amide bonds. The van der Waals surface area contributed by atoms with E-state index in [1.807, 2.05) is 0 Å². The van der Waals surface area contributed by atoms with Crippen LogP contribution in [0.3, 0.4) is 0 Å². The summed E-state index contributed by atoms with van der Waals surface area (Å²) in [6.45, 7) is -0.0345. The maximum Gasteiger partial charge on any atom is 0.414 e. The average Bonchev–Trinajstić information content (AvgIpc) is 3.28. The number of benzene rings is 1. The Morgan fingerprint density at radius 2 is 1.97 bits per heavy atom. The van der Waals surface area contributed by atoms with Crippen LogP contribution in [-0.2, 0) is 19.0 Å². The minimum absolute atomic E-state index is 0.00981. The van der Waals surface area contributed by atoms with E-state index in [9.17, 15) is 18.4 Å². The van der Waals surface area contributed by atoms with Crippen molar-refractivity contribution in [1.29, 1.82) is 0 Å². The normalized spacial score (nSPS) is 24.7. The predicted molar refractivity (Wildman–Crippen MR) is 99.7 cm³/mol. The molecule has 164 valence electrons. The molecular weight excluding hydrogens is 404 g/mol. The molecule has 0 spiro atoms. The number of aliphatic hydroxyl groups is 1. The van der Waals surface area contributed by atoms with Gasteiger partial charge >= 0.3 is 6.09 Å². The number of amides is 2. The molecule has 3 heterocycles. The minimum Gasteiger partial charge on any atom is -0.441 e. The maximum absolute atomic E-state index is 14.8. The highest BCUT2D eigenvalue weighted by molar-refractivity contribution is 5.90. The molecule has 1 aromatic rings. The number of halogens is 2. The average molecular weight is 427 g/mol. The zero-order valence-corrected chi connectivity index (χ0v) is 16.3. The van der Waals surface area contributed by atoms with Crippen molar-refractivity contribution in [2.45, 2.75) is 31.7 Å². The SMILES string of the molecule is O=C1CN(c2c(F)cc(N3C[C@@H](CO)OC3=O)cc2F)CN1COC1CCCCO1. The second kappa shape index (κ2) is 8.70. The molecule has 3 fully saturated rings. The molecule has 3 aliphatic rings. The van der Waals surface area contributed by atoms with Crippen LogP contribution in [0.2, 0.25) is 0 Å². The van der Waals surface area contributed by atoms with E-state index in [2.05, 4.69) is 0 Å². The van der Waals surface area contributed by atoms with Crippen LogP contribution in [0.1, 0.15) is 19.3 Å². The van der Waals surface area contributed by atoms with Crippen LogP contribution in [0.25, 0.3) is 0 Å². The van der Waals surface area contributed by atoms with Gasteiger partial charge in [-0.25, -0.2) is 13.6 Å². The molecule has 1 aromatic carbocycles. The molecule has 0 radical (unpaired) electrons. The summed E-state index contributed by atoms with van der Waals surface area (Å²) in [6.07, 6.45) is 0.785. The number of nitrogens with zero attached hydrogens (tertiary/aromatic N) is 3. The van der Waals surface area contributed by atoms with Gasteiger partial charge in [0.1, 0.15) is 18.5 Å². The Hall–Kier alpha value is -2.50. The number of rotatable bonds is 6. The Bertz CT molecular complexity index is 796. The van der Waals surface area contributed by atoms with Crippen molar-refractivity contribution in [3.8, 4) is 0 Å². The molecule has 9 nitrogen and oxygen atoms in total. The zero-order valence-electron chi connectivity index (χ0n) is 16.3. The van der Waals surface area contributed by atoms with Gasteiger partial charge in [-0.15, -0.1) is 0 Å². The van der Waals surface area contributed by atoms with Crippen molar-refractivity contribution >= 4 is 23.4 Å². The number of hydrogen-bond donors (Lipinski definition) is 1. The fourth-order valence-electron chi connectivity index (χ4n) is 3.71. The fraction of sp³-hybridized carbons (Fsp3) is 0.579. The summed E-state index contributed by atoms with van der Waals surface area (Å²) in [5.41, 5.74) is -0.371. The van der Waals surface area contributed by atoms with Crippen molar-refractivity contribution in [1.82, 2.24) is 4.90 Å². The first-order valence-electron chi connectivity index (χ1n) is 9.80. The summed E-state index contributed by atoms with van der Waals surface area (Å²) in [7, 11) is 0. The summed E-state index contributed by atoms with van der Waals surface area (Å²) in [5, 5.41) is 9.11. The van der Waals surface area contributed by atoms with Gasteiger partial charge in [0.15, 0.2) is 17.9 Å². The lowest BCUT2D eigenvalue weighted by Gasteiger charge is -2.26. The summed E-state index contributed by atoms with van der Waals surface area (Å²) in [5.74, 6) is -2.13. The zero-order chi connectivity index (χ0) is 21.3. The van der Waals surface area contributed by atoms with E-state index in [-0.39, 0.29) is 56.7 Å². The third-order valence-corrected chi connectivity index (χ3v) is 5.28. The molecule has 4 rings (SSSR count). The molecule has 1 unspecified atom stereocenters. The van der Waals surface area contributed by atoms with Crippen molar-refractivity contribution in [2.75, 3.05) is 49.5 Å². The van der Waals surface area contributed by atoms with Gasteiger partial charge in [-0.3, -0.25) is 14.6 Å². The van der Waals surface area contributed by atoms with E-state index in [4.69, 9.17) is 19.3 Å². The van der Waals surface area contributed by atoms with Crippen molar-refractivity contribution < 1.29 is 37.7 Å². The second-order valence-electron chi connectivity index (χ2n) is 7.42. The van der Waals surface area contributed by atoms with Gasteiger partial charge in [0, 0.05) is 18.7 Å². The third kappa shape index (κ3) is 4.18. The quantitative estimate of drug-likeness (QED) is 0.734. The second-order valence-corrected chi connectivity index (χ2v) is 7.42. The molecule has 0 saturated carbocycles. The lowest BCUT2D eigenvalue weighted by molar-refractivity contribution is -0.184. The summed E-state index contributed by atoms with van der Waals surface area (Å²) >= 11 is 0. The van der Waals surface area contributed by atoms with Crippen LogP contribution in [0, 0.1) is 11.6 Å². The maximum atomic E-state index is 14.8. The lowest BCUT2D eigenvalue weighted by Crippen LogP contribution is -2.34. The first kappa shape index (κ1) is 20.8. The molecule has 3 saturated heterocycles. The van der Waals surface area contributed by atoms with Crippen molar-refractivity contribution in [3.05, 3.63) is 23.8 Å². The van der Waals surface area contributed by atoms with E-state index >= 15 is 0 Å². The van der Waals surface area contributed by atoms with E-state index in [1.165, 1.54) is 9.80 Å².